The summed E-state index contributed by atoms with van der Waals surface area (Å²) in [6.07, 6.45) is 3.78. The lowest BCUT2D eigenvalue weighted by Gasteiger charge is -2.48. The topological polar surface area (TPSA) is 58.4 Å². The largest absolute Gasteiger partial charge is 0.443 e. The van der Waals surface area contributed by atoms with Gasteiger partial charge in [0.2, 0.25) is 0 Å². The van der Waals surface area contributed by atoms with Crippen LogP contribution in [0.5, 0.6) is 0 Å². The molecule has 4 unspecified atom stereocenters. The molecule has 3 fully saturated rings. The molecule has 1 aromatic carbocycles. The minimum Gasteiger partial charge on any atom is -0.443 e. The zero-order valence-electron chi connectivity index (χ0n) is 12.1. The molecule has 1 aromatic heterocycles. The average molecular weight is 285 g/mol. The van der Waals surface area contributed by atoms with Crippen LogP contribution in [0.4, 0.5) is 0 Å². The third-order valence-corrected chi connectivity index (χ3v) is 4.96. The number of amides is 1. The van der Waals surface area contributed by atoms with Crippen molar-refractivity contribution in [2.45, 2.75) is 31.8 Å². The molecule has 21 heavy (non-hydrogen) atoms. The number of rotatable bonds is 2. The van der Waals surface area contributed by atoms with Crippen LogP contribution in [0.1, 0.15) is 30.1 Å². The van der Waals surface area contributed by atoms with Gasteiger partial charge in [-0.05, 0) is 50.4 Å². The number of nitrogens with one attached hydrogen (secondary N) is 1. The summed E-state index contributed by atoms with van der Waals surface area (Å²) >= 11 is 0. The van der Waals surface area contributed by atoms with Gasteiger partial charge in [-0.1, -0.05) is 0 Å². The van der Waals surface area contributed by atoms with Crippen LogP contribution in [0, 0.1) is 5.92 Å². The standard InChI is InChI=1S/C16H19N3O2/c1-10-6-11-4-5-19(10)8-14(11)18-16(20)12-2-3-13-15(7-12)21-9-17-13/h2-3,7,9-11,14H,4-6,8H2,1H3,(H,18,20). The lowest BCUT2D eigenvalue weighted by molar-refractivity contribution is 0.0274. The van der Waals surface area contributed by atoms with E-state index in [1.54, 1.807) is 6.07 Å². The molecule has 3 saturated heterocycles. The predicted molar refractivity (Wildman–Crippen MR) is 79.0 cm³/mol. The van der Waals surface area contributed by atoms with Gasteiger partial charge in [0.15, 0.2) is 12.0 Å². The second-order valence-electron chi connectivity index (χ2n) is 6.24. The van der Waals surface area contributed by atoms with Gasteiger partial charge in [0, 0.05) is 24.2 Å². The van der Waals surface area contributed by atoms with Crippen molar-refractivity contribution in [3.05, 3.63) is 30.2 Å². The number of carbonyl (C=O) groups is 1. The van der Waals surface area contributed by atoms with Crippen molar-refractivity contribution in [3.63, 3.8) is 0 Å². The van der Waals surface area contributed by atoms with Gasteiger partial charge >= 0.3 is 0 Å². The van der Waals surface area contributed by atoms with Crippen LogP contribution < -0.4 is 5.32 Å². The maximum absolute atomic E-state index is 12.4. The van der Waals surface area contributed by atoms with E-state index in [0.29, 0.717) is 23.1 Å². The van der Waals surface area contributed by atoms with Crippen molar-refractivity contribution in [3.8, 4) is 0 Å². The van der Waals surface area contributed by atoms with Crippen molar-refractivity contribution in [1.82, 2.24) is 15.2 Å². The van der Waals surface area contributed by atoms with Crippen molar-refractivity contribution in [2.24, 2.45) is 5.92 Å². The summed E-state index contributed by atoms with van der Waals surface area (Å²) in [5.74, 6) is 0.600. The highest BCUT2D eigenvalue weighted by Crippen LogP contribution is 2.32. The highest BCUT2D eigenvalue weighted by Gasteiger charge is 2.38. The summed E-state index contributed by atoms with van der Waals surface area (Å²) in [7, 11) is 0. The van der Waals surface area contributed by atoms with Crippen LogP contribution in [-0.2, 0) is 0 Å². The molecule has 1 amide bonds. The van der Waals surface area contributed by atoms with Crippen LogP contribution in [0.3, 0.4) is 0 Å². The maximum Gasteiger partial charge on any atom is 0.251 e. The smallest absolute Gasteiger partial charge is 0.251 e. The van der Waals surface area contributed by atoms with Crippen molar-refractivity contribution in [1.29, 1.82) is 0 Å². The highest BCUT2D eigenvalue weighted by atomic mass is 16.3. The molecular weight excluding hydrogens is 266 g/mol. The Morgan fingerprint density at radius 3 is 3.14 bits per heavy atom. The van der Waals surface area contributed by atoms with Gasteiger partial charge in [0.05, 0.1) is 0 Å². The minimum atomic E-state index is -0.0142. The number of benzene rings is 1. The summed E-state index contributed by atoms with van der Waals surface area (Å²) < 4.78 is 5.26. The molecule has 0 aliphatic carbocycles. The lowest BCUT2D eigenvalue weighted by atomic mass is 9.80. The Morgan fingerprint density at radius 1 is 1.48 bits per heavy atom. The fourth-order valence-electron chi connectivity index (χ4n) is 3.71. The van der Waals surface area contributed by atoms with Gasteiger partial charge in [-0.3, -0.25) is 9.69 Å². The van der Waals surface area contributed by atoms with Crippen molar-refractivity contribution >= 4 is 17.0 Å². The van der Waals surface area contributed by atoms with Gasteiger partial charge in [0.1, 0.15) is 5.52 Å². The quantitative estimate of drug-likeness (QED) is 0.917. The van der Waals surface area contributed by atoms with Crippen LogP contribution >= 0.6 is 0 Å². The summed E-state index contributed by atoms with van der Waals surface area (Å²) in [5, 5.41) is 3.20. The van der Waals surface area contributed by atoms with Gasteiger partial charge in [0.25, 0.3) is 5.91 Å². The van der Waals surface area contributed by atoms with Gasteiger partial charge < -0.3 is 9.73 Å². The Labute approximate surface area is 123 Å². The molecule has 2 aromatic rings. The van der Waals surface area contributed by atoms with E-state index in [1.807, 2.05) is 12.1 Å². The Kier molecular flexibility index (Phi) is 2.96. The van der Waals surface area contributed by atoms with E-state index in [9.17, 15) is 4.79 Å². The number of fused-ring (bicyclic) bond motifs is 4. The molecule has 5 rings (SSSR count). The fourth-order valence-corrected chi connectivity index (χ4v) is 3.71. The summed E-state index contributed by atoms with van der Waals surface area (Å²) in [4.78, 5) is 19.0. The lowest BCUT2D eigenvalue weighted by Crippen LogP contribution is -2.60. The molecule has 3 aliphatic rings. The number of hydrogen-bond acceptors (Lipinski definition) is 4. The summed E-state index contributed by atoms with van der Waals surface area (Å²) in [5.41, 5.74) is 2.08. The molecule has 110 valence electrons. The first-order valence-electron chi connectivity index (χ1n) is 7.59. The predicted octanol–water partition coefficient (Wildman–Crippen LogP) is 2.04. The SMILES string of the molecule is CC1CC2CCN1CC2NC(=O)c1ccc2ncoc2c1. The summed E-state index contributed by atoms with van der Waals surface area (Å²) in [6, 6.07) is 6.33. The third kappa shape index (κ3) is 2.21. The summed E-state index contributed by atoms with van der Waals surface area (Å²) in [6.45, 7) is 4.42. The van der Waals surface area contributed by atoms with Crippen molar-refractivity contribution < 1.29 is 9.21 Å². The van der Waals surface area contributed by atoms with Crippen LogP contribution in [0.15, 0.2) is 29.0 Å². The molecular formula is C16H19N3O2. The molecule has 0 saturated carbocycles. The Bertz CT molecular complexity index is 681. The molecule has 1 N–H and O–H groups in total. The second kappa shape index (κ2) is 4.84. The van der Waals surface area contributed by atoms with Crippen LogP contribution in [0.25, 0.3) is 11.1 Å². The van der Waals surface area contributed by atoms with Gasteiger partial charge in [-0.15, -0.1) is 0 Å². The first-order chi connectivity index (χ1) is 10.2. The second-order valence-corrected chi connectivity index (χ2v) is 6.24. The van der Waals surface area contributed by atoms with Crippen molar-refractivity contribution in [2.75, 3.05) is 13.1 Å². The molecule has 2 bridgehead atoms. The number of hydrogen-bond donors (Lipinski definition) is 1. The Balaban J connectivity index is 1.50. The van der Waals surface area contributed by atoms with E-state index < -0.39 is 0 Å². The molecule has 3 aliphatic heterocycles. The Hall–Kier alpha value is -1.88. The third-order valence-electron chi connectivity index (χ3n) is 4.96. The monoisotopic (exact) mass is 285 g/mol. The molecule has 5 heteroatoms. The fraction of sp³-hybridized carbons (Fsp3) is 0.500. The average Bonchev–Trinajstić information content (AvgIpc) is 2.96. The van der Waals surface area contributed by atoms with E-state index in [-0.39, 0.29) is 11.9 Å². The zero-order valence-corrected chi connectivity index (χ0v) is 12.1. The normalized spacial score (nSPS) is 31.5. The first-order valence-corrected chi connectivity index (χ1v) is 7.59. The van der Waals surface area contributed by atoms with Gasteiger partial charge in [-0.25, -0.2) is 4.98 Å². The first kappa shape index (κ1) is 12.8. The molecule has 0 radical (unpaired) electrons. The number of piperidine rings is 3. The van der Waals surface area contributed by atoms with E-state index in [1.165, 1.54) is 25.8 Å². The molecule has 5 nitrogen and oxygen atoms in total. The Morgan fingerprint density at radius 2 is 2.38 bits per heavy atom. The minimum absolute atomic E-state index is 0.0142. The maximum atomic E-state index is 12.4. The van der Waals surface area contributed by atoms with E-state index in [4.69, 9.17) is 4.42 Å². The number of aromatic nitrogens is 1. The van der Waals surface area contributed by atoms with Crippen LogP contribution in [0.2, 0.25) is 0 Å². The molecule has 4 atom stereocenters. The van der Waals surface area contributed by atoms with Crippen LogP contribution in [-0.4, -0.2) is 41.0 Å². The number of carbonyl (C=O) groups excluding carboxylic acids is 1. The van der Waals surface area contributed by atoms with Gasteiger partial charge in [-0.2, -0.15) is 0 Å². The number of oxazole rings is 1. The number of nitrogens with zero attached hydrogens (tertiary/aromatic N) is 2. The molecule has 4 heterocycles. The van der Waals surface area contributed by atoms with E-state index in [2.05, 4.69) is 22.1 Å². The highest BCUT2D eigenvalue weighted by molar-refractivity contribution is 5.97. The van der Waals surface area contributed by atoms with E-state index >= 15 is 0 Å². The van der Waals surface area contributed by atoms with E-state index in [0.717, 1.165) is 12.1 Å². The molecule has 0 spiro atoms. The zero-order chi connectivity index (χ0) is 14.4.